The van der Waals surface area contributed by atoms with Gasteiger partial charge >= 0.3 is 6.18 Å². The molecule has 44 heavy (non-hydrogen) atoms. The molecule has 16 heteroatoms. The Morgan fingerprint density at radius 3 is 2.55 bits per heavy atom. The Morgan fingerprint density at radius 1 is 1.11 bits per heavy atom. The Morgan fingerprint density at radius 2 is 1.86 bits per heavy atom. The average molecular weight is 684 g/mol. The van der Waals surface area contributed by atoms with E-state index in [1.165, 1.54) is 16.4 Å². The van der Waals surface area contributed by atoms with Crippen LogP contribution >= 0.6 is 23.5 Å². The standard InChI is InChI=1S/C28H38F5N5O3S3/c1-44(40,41)37-8-5-24-22(18-37)26(34-38(24)17-21(39)16-35-9-12-42-13-10-35)20-3-4-23(28(31,32)33)25(15-20)43-14-11-36-7-2-6-27(29,30)19-36/h3-4,15,21,39H,2,5-14,16-19H2,1H3/t21-/m0/s1. The zero-order valence-electron chi connectivity index (χ0n) is 24.5. The van der Waals surface area contributed by atoms with Crippen molar-refractivity contribution in [1.82, 2.24) is 23.9 Å². The van der Waals surface area contributed by atoms with Crippen LogP contribution in [0.5, 0.6) is 0 Å². The van der Waals surface area contributed by atoms with E-state index in [9.17, 15) is 35.5 Å². The van der Waals surface area contributed by atoms with Crippen LogP contribution in [0.1, 0.15) is 29.7 Å². The number of fused-ring (bicyclic) bond motifs is 1. The molecule has 1 N–H and O–H groups in total. The third-order valence-electron chi connectivity index (χ3n) is 8.22. The maximum absolute atomic E-state index is 14.0. The normalized spacial score (nSPS) is 21.3. The lowest BCUT2D eigenvalue weighted by molar-refractivity contribution is -0.139. The van der Waals surface area contributed by atoms with Gasteiger partial charge in [0.15, 0.2) is 0 Å². The number of sulfonamides is 1. The van der Waals surface area contributed by atoms with E-state index in [0.29, 0.717) is 42.8 Å². The Hall–Kier alpha value is -1.43. The summed E-state index contributed by atoms with van der Waals surface area (Å²) in [5.41, 5.74) is 1.32. The summed E-state index contributed by atoms with van der Waals surface area (Å²) in [6, 6.07) is 3.75. The first-order valence-electron chi connectivity index (χ1n) is 14.7. The molecule has 1 atom stereocenters. The second kappa shape index (κ2) is 13.7. The number of β-amino-alcohol motifs (C(OH)–C–C–N with tert-alkyl or cyclic N) is 1. The smallest absolute Gasteiger partial charge is 0.390 e. The molecule has 1 aromatic carbocycles. The number of aromatic nitrogens is 2. The SMILES string of the molecule is CS(=O)(=O)N1CCc2c(c(-c3ccc(C(F)(F)F)c(SCCN4CCCC(F)(F)C4)c3)nn2C[C@@H](O)CN2CCSCC2)C1. The fourth-order valence-electron chi connectivity index (χ4n) is 6.02. The molecule has 0 bridgehead atoms. The van der Waals surface area contributed by atoms with E-state index in [1.807, 2.05) is 11.8 Å². The van der Waals surface area contributed by atoms with E-state index in [4.69, 9.17) is 5.10 Å². The van der Waals surface area contributed by atoms with Crippen molar-refractivity contribution in [3.8, 4) is 11.3 Å². The molecule has 0 radical (unpaired) electrons. The number of alkyl halides is 5. The van der Waals surface area contributed by atoms with Crippen molar-refractivity contribution in [3.63, 3.8) is 0 Å². The zero-order valence-corrected chi connectivity index (χ0v) is 27.0. The lowest BCUT2D eigenvalue weighted by Gasteiger charge is -2.32. The summed E-state index contributed by atoms with van der Waals surface area (Å²) < 4.78 is 97.5. The summed E-state index contributed by atoms with van der Waals surface area (Å²) >= 11 is 2.83. The third kappa shape index (κ3) is 8.48. The van der Waals surface area contributed by atoms with Crippen molar-refractivity contribution in [1.29, 1.82) is 0 Å². The van der Waals surface area contributed by atoms with E-state index in [1.54, 1.807) is 9.58 Å². The van der Waals surface area contributed by atoms with Crippen molar-refractivity contribution < 1.29 is 35.5 Å². The lowest BCUT2D eigenvalue weighted by atomic mass is 10.0. The summed E-state index contributed by atoms with van der Waals surface area (Å²) in [6.45, 7) is 2.95. The van der Waals surface area contributed by atoms with Crippen LogP contribution in [0.3, 0.4) is 0 Å². The molecule has 2 saturated heterocycles. The van der Waals surface area contributed by atoms with Crippen LogP contribution in [-0.4, -0.2) is 119 Å². The number of hydrogen-bond donors (Lipinski definition) is 1. The molecular weight excluding hydrogens is 646 g/mol. The number of hydrogen-bond acceptors (Lipinski definition) is 8. The van der Waals surface area contributed by atoms with Gasteiger partial charge in [0.1, 0.15) is 0 Å². The van der Waals surface area contributed by atoms with Crippen LogP contribution in [0.2, 0.25) is 0 Å². The van der Waals surface area contributed by atoms with Crippen LogP contribution < -0.4 is 0 Å². The van der Waals surface area contributed by atoms with Gasteiger partial charge in [-0.05, 0) is 25.1 Å². The van der Waals surface area contributed by atoms with Crippen LogP contribution in [0.4, 0.5) is 22.0 Å². The van der Waals surface area contributed by atoms with Crippen LogP contribution in [0, 0.1) is 0 Å². The number of piperidine rings is 1. The molecule has 1 aromatic heterocycles. The molecule has 4 heterocycles. The number of nitrogens with zero attached hydrogens (tertiary/aromatic N) is 5. The Bertz CT molecular complexity index is 1420. The van der Waals surface area contributed by atoms with Crippen LogP contribution in [0.25, 0.3) is 11.3 Å². The molecule has 2 aromatic rings. The second-order valence-corrected chi connectivity index (χ2v) is 16.0. The van der Waals surface area contributed by atoms with Gasteiger partial charge in [0.05, 0.1) is 36.7 Å². The van der Waals surface area contributed by atoms with Gasteiger partial charge in [-0.1, -0.05) is 6.07 Å². The molecule has 0 saturated carbocycles. The van der Waals surface area contributed by atoms with Crippen molar-refractivity contribution in [2.75, 3.05) is 69.3 Å². The molecule has 0 aliphatic carbocycles. The van der Waals surface area contributed by atoms with E-state index < -0.39 is 40.3 Å². The van der Waals surface area contributed by atoms with Crippen LogP contribution in [0.15, 0.2) is 23.1 Å². The third-order valence-corrected chi connectivity index (χ3v) is 11.4. The van der Waals surface area contributed by atoms with Gasteiger partial charge < -0.3 is 5.11 Å². The molecular formula is C28H38F5N5O3S3. The predicted octanol–water partition coefficient (Wildman–Crippen LogP) is 4.12. The second-order valence-electron chi connectivity index (χ2n) is 11.7. The van der Waals surface area contributed by atoms with Crippen molar-refractivity contribution in [2.24, 2.45) is 0 Å². The number of rotatable bonds is 10. The minimum Gasteiger partial charge on any atom is -0.390 e. The molecule has 2 fully saturated rings. The minimum absolute atomic E-state index is 0.0234. The maximum atomic E-state index is 14.0. The van der Waals surface area contributed by atoms with E-state index in [0.717, 1.165) is 54.4 Å². The van der Waals surface area contributed by atoms with Gasteiger partial charge in [-0.25, -0.2) is 17.2 Å². The maximum Gasteiger partial charge on any atom is 0.417 e. The zero-order chi connectivity index (χ0) is 31.7. The summed E-state index contributed by atoms with van der Waals surface area (Å²) in [5.74, 6) is -0.612. The number of aliphatic hydroxyl groups excluding tert-OH is 1. The highest BCUT2D eigenvalue weighted by atomic mass is 32.2. The first-order chi connectivity index (χ1) is 20.7. The lowest BCUT2D eigenvalue weighted by Crippen LogP contribution is -2.43. The van der Waals surface area contributed by atoms with E-state index >= 15 is 0 Å². The Labute approximate surface area is 263 Å². The summed E-state index contributed by atoms with van der Waals surface area (Å²) in [4.78, 5) is 3.73. The highest BCUT2D eigenvalue weighted by Crippen LogP contribution is 2.40. The summed E-state index contributed by atoms with van der Waals surface area (Å²) in [7, 11) is -3.54. The largest absolute Gasteiger partial charge is 0.417 e. The average Bonchev–Trinajstić information content (AvgIpc) is 3.29. The van der Waals surface area contributed by atoms with Gasteiger partial charge in [-0.15, -0.1) is 11.8 Å². The first kappa shape index (κ1) is 33.9. The van der Waals surface area contributed by atoms with Crippen molar-refractivity contribution in [2.45, 2.75) is 55.5 Å². The number of likely N-dealkylation sites (tertiary alicyclic amines) is 1. The highest BCUT2D eigenvalue weighted by Gasteiger charge is 2.37. The van der Waals surface area contributed by atoms with Crippen molar-refractivity contribution in [3.05, 3.63) is 35.0 Å². The van der Waals surface area contributed by atoms with Gasteiger partial charge in [0.2, 0.25) is 10.0 Å². The predicted molar refractivity (Wildman–Crippen MR) is 163 cm³/mol. The number of aliphatic hydroxyl groups is 1. The molecule has 3 aliphatic rings. The van der Waals surface area contributed by atoms with Gasteiger partial charge in [-0.3, -0.25) is 14.5 Å². The molecule has 0 spiro atoms. The fraction of sp³-hybridized carbons (Fsp3) is 0.679. The molecule has 246 valence electrons. The van der Waals surface area contributed by atoms with Crippen LogP contribution in [-0.2, 0) is 35.7 Å². The number of halogens is 5. The topological polar surface area (TPSA) is 81.9 Å². The molecule has 8 nitrogen and oxygen atoms in total. The summed E-state index contributed by atoms with van der Waals surface area (Å²) in [5, 5.41) is 15.7. The summed E-state index contributed by atoms with van der Waals surface area (Å²) in [6.07, 6.45) is -3.73. The number of thioether (sulfide) groups is 2. The number of benzene rings is 1. The van der Waals surface area contributed by atoms with Crippen molar-refractivity contribution >= 4 is 33.5 Å². The van der Waals surface area contributed by atoms with Gasteiger partial charge in [-0.2, -0.15) is 34.3 Å². The molecule has 0 unspecified atom stereocenters. The fourth-order valence-corrected chi connectivity index (χ4v) is 8.90. The molecule has 0 amide bonds. The highest BCUT2D eigenvalue weighted by molar-refractivity contribution is 7.99. The Kier molecular flexibility index (Phi) is 10.6. The first-order valence-corrected chi connectivity index (χ1v) is 18.6. The quantitative estimate of drug-likeness (QED) is 0.296. The van der Waals surface area contributed by atoms with E-state index in [2.05, 4.69) is 4.90 Å². The van der Waals surface area contributed by atoms with Gasteiger partial charge in [0.25, 0.3) is 5.92 Å². The van der Waals surface area contributed by atoms with E-state index in [-0.39, 0.29) is 43.2 Å². The molecule has 3 aliphatic heterocycles. The Balaban J connectivity index is 1.42. The minimum atomic E-state index is -4.62. The monoisotopic (exact) mass is 683 g/mol. The molecule has 5 rings (SSSR count). The van der Waals surface area contributed by atoms with Gasteiger partial charge in [0, 0.05) is 91.1 Å².